The van der Waals surface area contributed by atoms with Gasteiger partial charge in [-0.05, 0) is 42.9 Å². The Morgan fingerprint density at radius 2 is 1.76 bits per heavy atom. The Balaban J connectivity index is 2.25. The van der Waals surface area contributed by atoms with Crippen LogP contribution in [0.1, 0.15) is 58.4 Å². The number of hydrogen-bond donors (Lipinski definition) is 1. The molecule has 21 heavy (non-hydrogen) atoms. The molecule has 0 aromatic heterocycles. The van der Waals surface area contributed by atoms with E-state index in [1.165, 1.54) is 6.07 Å². The Labute approximate surface area is 127 Å². The van der Waals surface area contributed by atoms with Crippen molar-refractivity contribution in [3.63, 3.8) is 0 Å². The van der Waals surface area contributed by atoms with Crippen LogP contribution in [0.5, 0.6) is 0 Å². The summed E-state index contributed by atoms with van der Waals surface area (Å²) in [6.07, 6.45) is 5.30. The maximum Gasteiger partial charge on any atom is 0.129 e. The van der Waals surface area contributed by atoms with Crippen molar-refractivity contribution in [2.24, 2.45) is 5.41 Å². The Hall–Kier alpha value is -0.960. The number of hydrogen-bond acceptors (Lipinski definition) is 1. The summed E-state index contributed by atoms with van der Waals surface area (Å²) in [4.78, 5) is 0. The monoisotopic (exact) mass is 295 g/mol. The van der Waals surface area contributed by atoms with Crippen LogP contribution in [0.2, 0.25) is 0 Å². The number of halogens is 2. The molecule has 1 aromatic rings. The first-order valence-corrected chi connectivity index (χ1v) is 8.17. The zero-order valence-corrected chi connectivity index (χ0v) is 13.4. The van der Waals surface area contributed by atoms with Crippen molar-refractivity contribution in [2.45, 2.75) is 58.3 Å². The van der Waals surface area contributed by atoms with E-state index in [0.29, 0.717) is 11.0 Å². The van der Waals surface area contributed by atoms with E-state index in [4.69, 9.17) is 0 Å². The molecule has 1 N–H and O–H groups in total. The molecule has 1 fully saturated rings. The fraction of sp³-hybridized carbons (Fsp3) is 0.667. The second-order valence-corrected chi connectivity index (χ2v) is 6.64. The molecule has 0 heterocycles. The molecule has 0 bridgehead atoms. The minimum absolute atomic E-state index is 0.168. The number of rotatable bonds is 7. The smallest absolute Gasteiger partial charge is 0.129 e. The molecule has 0 radical (unpaired) electrons. The van der Waals surface area contributed by atoms with Crippen LogP contribution in [-0.2, 0) is 5.41 Å². The zero-order chi connectivity index (χ0) is 15.5. The van der Waals surface area contributed by atoms with Gasteiger partial charge in [-0.15, -0.1) is 0 Å². The highest BCUT2D eigenvalue weighted by Gasteiger charge is 2.53. The van der Waals surface area contributed by atoms with Crippen molar-refractivity contribution in [2.75, 3.05) is 13.1 Å². The van der Waals surface area contributed by atoms with Crippen molar-refractivity contribution in [1.29, 1.82) is 0 Å². The van der Waals surface area contributed by atoms with E-state index in [1.54, 1.807) is 6.07 Å². The van der Waals surface area contributed by atoms with E-state index in [0.717, 1.165) is 51.3 Å². The Kier molecular flexibility index (Phi) is 5.03. The maximum absolute atomic E-state index is 14.3. The minimum Gasteiger partial charge on any atom is -0.316 e. The van der Waals surface area contributed by atoms with Crippen LogP contribution in [0.15, 0.2) is 18.2 Å². The minimum atomic E-state index is -0.496. The summed E-state index contributed by atoms with van der Waals surface area (Å²) >= 11 is 0. The Bertz CT molecular complexity index is 472. The Morgan fingerprint density at radius 3 is 2.29 bits per heavy atom. The molecule has 118 valence electrons. The van der Waals surface area contributed by atoms with Crippen molar-refractivity contribution in [1.82, 2.24) is 5.32 Å². The summed E-state index contributed by atoms with van der Waals surface area (Å²) in [7, 11) is 0. The third-order valence-electron chi connectivity index (χ3n) is 5.32. The van der Waals surface area contributed by atoms with Crippen molar-refractivity contribution < 1.29 is 8.78 Å². The van der Waals surface area contributed by atoms with E-state index in [1.807, 2.05) is 0 Å². The van der Waals surface area contributed by atoms with E-state index >= 15 is 0 Å². The predicted molar refractivity (Wildman–Crippen MR) is 83.4 cm³/mol. The summed E-state index contributed by atoms with van der Waals surface area (Å²) in [5, 5.41) is 3.44. The lowest BCUT2D eigenvalue weighted by Crippen LogP contribution is -2.55. The number of nitrogens with one attached hydrogen (secondary N) is 1. The largest absolute Gasteiger partial charge is 0.316 e. The van der Waals surface area contributed by atoms with Crippen molar-refractivity contribution >= 4 is 0 Å². The van der Waals surface area contributed by atoms with Gasteiger partial charge in [-0.3, -0.25) is 0 Å². The van der Waals surface area contributed by atoms with Gasteiger partial charge in [0.2, 0.25) is 0 Å². The van der Waals surface area contributed by atoms with Crippen LogP contribution in [0, 0.1) is 17.0 Å². The van der Waals surface area contributed by atoms with Gasteiger partial charge in [0.05, 0.1) is 0 Å². The summed E-state index contributed by atoms with van der Waals surface area (Å²) in [6, 6.07) is 4.06. The summed E-state index contributed by atoms with van der Waals surface area (Å²) in [5.74, 6) is -0.890. The van der Waals surface area contributed by atoms with Crippen molar-refractivity contribution in [3.05, 3.63) is 35.4 Å². The molecule has 1 aliphatic rings. The van der Waals surface area contributed by atoms with Gasteiger partial charge in [-0.25, -0.2) is 8.78 Å². The van der Waals surface area contributed by atoms with Gasteiger partial charge in [0.1, 0.15) is 11.6 Å². The van der Waals surface area contributed by atoms with E-state index in [9.17, 15) is 8.78 Å². The lowest BCUT2D eigenvalue weighted by molar-refractivity contribution is 0.0109. The first-order chi connectivity index (χ1) is 10.0. The number of benzene rings is 1. The van der Waals surface area contributed by atoms with Gasteiger partial charge in [0, 0.05) is 18.0 Å². The van der Waals surface area contributed by atoms with Gasteiger partial charge < -0.3 is 5.32 Å². The summed E-state index contributed by atoms with van der Waals surface area (Å²) in [6.45, 7) is 8.28. The van der Waals surface area contributed by atoms with Gasteiger partial charge >= 0.3 is 0 Å². The quantitative estimate of drug-likeness (QED) is 0.712. The highest BCUT2D eigenvalue weighted by Crippen LogP contribution is 2.59. The lowest BCUT2D eigenvalue weighted by Gasteiger charge is -2.57. The average Bonchev–Trinajstić information content (AvgIpc) is 2.42. The van der Waals surface area contributed by atoms with Gasteiger partial charge in [0.15, 0.2) is 0 Å². The molecule has 0 unspecified atom stereocenters. The van der Waals surface area contributed by atoms with Crippen LogP contribution in [-0.4, -0.2) is 13.1 Å². The normalized spacial score (nSPS) is 19.3. The molecular weight excluding hydrogens is 268 g/mol. The highest BCUT2D eigenvalue weighted by molar-refractivity contribution is 5.33. The van der Waals surface area contributed by atoms with Crippen LogP contribution in [0.4, 0.5) is 8.78 Å². The molecular formula is C18H27F2N. The van der Waals surface area contributed by atoms with Crippen LogP contribution < -0.4 is 5.32 Å². The van der Waals surface area contributed by atoms with E-state index in [-0.39, 0.29) is 5.41 Å². The second kappa shape index (κ2) is 6.43. The standard InChI is InChI=1S/C18H27F2N/c1-4-9-21-13-18(11-17(5-2,6-3)12-18)15-8-7-14(19)10-16(15)20/h7-8,10,21H,4-6,9,11-13H2,1-3H3. The van der Waals surface area contributed by atoms with Crippen LogP contribution in [0.25, 0.3) is 0 Å². The molecule has 0 spiro atoms. The average molecular weight is 295 g/mol. The topological polar surface area (TPSA) is 12.0 Å². The highest BCUT2D eigenvalue weighted by atomic mass is 19.1. The third kappa shape index (κ3) is 3.13. The predicted octanol–water partition coefficient (Wildman–Crippen LogP) is 4.80. The van der Waals surface area contributed by atoms with Gasteiger partial charge in [-0.2, -0.15) is 0 Å². The summed E-state index contributed by atoms with van der Waals surface area (Å²) in [5.41, 5.74) is 0.846. The van der Waals surface area contributed by atoms with E-state index < -0.39 is 11.6 Å². The third-order valence-corrected chi connectivity index (χ3v) is 5.32. The summed E-state index contributed by atoms with van der Waals surface area (Å²) < 4.78 is 27.5. The molecule has 3 heteroatoms. The van der Waals surface area contributed by atoms with E-state index in [2.05, 4.69) is 26.1 Å². The SMILES string of the molecule is CCCNCC1(c2ccc(F)cc2F)CC(CC)(CC)C1. The first kappa shape index (κ1) is 16.4. The fourth-order valence-corrected chi connectivity index (χ4v) is 3.97. The maximum atomic E-state index is 14.3. The molecule has 1 saturated carbocycles. The molecule has 0 aliphatic heterocycles. The molecule has 0 saturated heterocycles. The first-order valence-electron chi connectivity index (χ1n) is 8.17. The zero-order valence-electron chi connectivity index (χ0n) is 13.4. The lowest BCUT2D eigenvalue weighted by atomic mass is 9.48. The Morgan fingerprint density at radius 1 is 1.10 bits per heavy atom. The van der Waals surface area contributed by atoms with Gasteiger partial charge in [-0.1, -0.05) is 39.7 Å². The van der Waals surface area contributed by atoms with Crippen LogP contribution >= 0.6 is 0 Å². The molecule has 1 aromatic carbocycles. The molecule has 1 aliphatic carbocycles. The van der Waals surface area contributed by atoms with Crippen molar-refractivity contribution in [3.8, 4) is 0 Å². The van der Waals surface area contributed by atoms with Crippen LogP contribution in [0.3, 0.4) is 0 Å². The fourth-order valence-electron chi connectivity index (χ4n) is 3.97. The second-order valence-electron chi connectivity index (χ2n) is 6.64. The molecule has 0 amide bonds. The molecule has 1 nitrogen and oxygen atoms in total. The van der Waals surface area contributed by atoms with Gasteiger partial charge in [0.25, 0.3) is 0 Å². The molecule has 0 atom stereocenters. The molecule has 2 rings (SSSR count).